The fourth-order valence-corrected chi connectivity index (χ4v) is 3.65. The molecule has 156 valence electrons. The molecule has 0 aliphatic carbocycles. The summed E-state index contributed by atoms with van der Waals surface area (Å²) in [5.74, 6) is 0.501. The van der Waals surface area contributed by atoms with Crippen LogP contribution in [0.25, 0.3) is 11.0 Å². The number of imidazole rings is 1. The van der Waals surface area contributed by atoms with Crippen molar-refractivity contribution in [2.45, 2.75) is 12.8 Å². The van der Waals surface area contributed by atoms with Crippen molar-refractivity contribution in [3.63, 3.8) is 0 Å². The Morgan fingerprint density at radius 2 is 1.68 bits per heavy atom. The van der Waals surface area contributed by atoms with Crippen molar-refractivity contribution in [2.75, 3.05) is 11.9 Å². The van der Waals surface area contributed by atoms with Gasteiger partial charge < -0.3 is 15.6 Å². The zero-order chi connectivity index (χ0) is 21.6. The highest BCUT2D eigenvalue weighted by Gasteiger charge is 2.10. The van der Waals surface area contributed by atoms with Crippen molar-refractivity contribution in [1.29, 1.82) is 0 Å². The second-order valence-corrected chi connectivity index (χ2v) is 8.02. The lowest BCUT2D eigenvalue weighted by molar-refractivity contribution is 0.0951. The van der Waals surface area contributed by atoms with Gasteiger partial charge in [0.05, 0.1) is 11.0 Å². The summed E-state index contributed by atoms with van der Waals surface area (Å²) in [6.07, 6.45) is 1.52. The summed E-state index contributed by atoms with van der Waals surface area (Å²) < 4.78 is 0.830. The van der Waals surface area contributed by atoms with Crippen LogP contribution in [-0.4, -0.2) is 28.3 Å². The van der Waals surface area contributed by atoms with E-state index in [0.717, 1.165) is 34.2 Å². The lowest BCUT2D eigenvalue weighted by Crippen LogP contribution is -2.25. The molecule has 3 N–H and O–H groups in total. The van der Waals surface area contributed by atoms with Crippen LogP contribution in [0.1, 0.15) is 33.0 Å². The molecule has 0 spiro atoms. The predicted octanol–water partition coefficient (Wildman–Crippen LogP) is 4.94. The SMILES string of the molecule is O=C(NCCCc1nc2ccccc2[nH]1)c1cccc(NC(=O)c2cccc(Br)c2)c1. The number of hydrogen-bond donors (Lipinski definition) is 3. The van der Waals surface area contributed by atoms with E-state index in [0.29, 0.717) is 23.4 Å². The van der Waals surface area contributed by atoms with E-state index in [1.54, 1.807) is 42.5 Å². The molecule has 1 heterocycles. The molecule has 2 amide bonds. The lowest BCUT2D eigenvalue weighted by Gasteiger charge is -2.09. The quantitative estimate of drug-likeness (QED) is 0.330. The molecule has 0 fully saturated rings. The molecule has 4 rings (SSSR count). The Morgan fingerprint density at radius 1 is 0.903 bits per heavy atom. The molecule has 0 atom stereocenters. The molecular formula is C24H21BrN4O2. The molecule has 7 heteroatoms. The van der Waals surface area contributed by atoms with Crippen LogP contribution in [0.5, 0.6) is 0 Å². The molecule has 0 aliphatic rings. The first kappa shape index (κ1) is 20.8. The Hall–Kier alpha value is -3.45. The van der Waals surface area contributed by atoms with Crippen molar-refractivity contribution >= 4 is 44.5 Å². The fourth-order valence-electron chi connectivity index (χ4n) is 3.26. The van der Waals surface area contributed by atoms with E-state index < -0.39 is 0 Å². The Labute approximate surface area is 188 Å². The molecular weight excluding hydrogens is 456 g/mol. The summed E-state index contributed by atoms with van der Waals surface area (Å²) >= 11 is 3.36. The normalized spacial score (nSPS) is 10.7. The highest BCUT2D eigenvalue weighted by molar-refractivity contribution is 9.10. The third kappa shape index (κ3) is 5.38. The van der Waals surface area contributed by atoms with Gasteiger partial charge in [-0.2, -0.15) is 0 Å². The maximum absolute atomic E-state index is 12.5. The second kappa shape index (κ2) is 9.57. The third-order valence-corrected chi connectivity index (χ3v) is 5.28. The second-order valence-electron chi connectivity index (χ2n) is 7.11. The van der Waals surface area contributed by atoms with Crippen LogP contribution in [0, 0.1) is 0 Å². The van der Waals surface area contributed by atoms with E-state index in [4.69, 9.17) is 0 Å². The lowest BCUT2D eigenvalue weighted by atomic mass is 10.1. The number of nitrogens with one attached hydrogen (secondary N) is 3. The molecule has 3 aromatic carbocycles. The van der Waals surface area contributed by atoms with E-state index in [9.17, 15) is 9.59 Å². The summed E-state index contributed by atoms with van der Waals surface area (Å²) in [5.41, 5.74) is 3.57. The van der Waals surface area contributed by atoms with Crippen molar-refractivity contribution in [3.05, 3.63) is 94.2 Å². The summed E-state index contributed by atoms with van der Waals surface area (Å²) in [6, 6.07) is 21.9. The Kier molecular flexibility index (Phi) is 6.43. The molecule has 31 heavy (non-hydrogen) atoms. The zero-order valence-corrected chi connectivity index (χ0v) is 18.3. The molecule has 0 unspecified atom stereocenters. The smallest absolute Gasteiger partial charge is 0.255 e. The van der Waals surface area contributed by atoms with Crippen molar-refractivity contribution in [2.24, 2.45) is 0 Å². The van der Waals surface area contributed by atoms with Crippen molar-refractivity contribution in [1.82, 2.24) is 15.3 Å². The van der Waals surface area contributed by atoms with Gasteiger partial charge in [-0.05, 0) is 55.0 Å². The van der Waals surface area contributed by atoms with Gasteiger partial charge in [0.2, 0.25) is 0 Å². The van der Waals surface area contributed by atoms with Crippen molar-refractivity contribution < 1.29 is 9.59 Å². The summed E-state index contributed by atoms with van der Waals surface area (Å²) in [6.45, 7) is 0.532. The number of H-pyrrole nitrogens is 1. The number of aryl methyl sites for hydroxylation is 1. The number of amides is 2. The van der Waals surface area contributed by atoms with Gasteiger partial charge >= 0.3 is 0 Å². The number of aromatic amines is 1. The number of benzene rings is 3. The predicted molar refractivity (Wildman–Crippen MR) is 125 cm³/mol. The molecule has 0 aliphatic heterocycles. The van der Waals surface area contributed by atoms with Crippen LogP contribution in [-0.2, 0) is 6.42 Å². The van der Waals surface area contributed by atoms with E-state index >= 15 is 0 Å². The minimum Gasteiger partial charge on any atom is -0.352 e. The van der Waals surface area contributed by atoms with E-state index in [-0.39, 0.29) is 11.8 Å². The Bertz CT molecular complexity index is 1200. The highest BCUT2D eigenvalue weighted by Crippen LogP contribution is 2.16. The Balaban J connectivity index is 1.30. The number of para-hydroxylation sites is 2. The number of hydrogen-bond acceptors (Lipinski definition) is 3. The highest BCUT2D eigenvalue weighted by atomic mass is 79.9. The first-order valence-electron chi connectivity index (χ1n) is 9.97. The number of anilines is 1. The number of halogens is 1. The minimum atomic E-state index is -0.232. The van der Waals surface area contributed by atoms with Crippen LogP contribution in [0.15, 0.2) is 77.3 Å². The number of carbonyl (C=O) groups excluding carboxylic acids is 2. The van der Waals surface area contributed by atoms with Crippen LogP contribution in [0.2, 0.25) is 0 Å². The number of rotatable bonds is 7. The average molecular weight is 477 g/mol. The zero-order valence-electron chi connectivity index (χ0n) is 16.7. The van der Waals surface area contributed by atoms with E-state index in [1.165, 1.54) is 0 Å². The van der Waals surface area contributed by atoms with Gasteiger partial charge in [-0.1, -0.05) is 40.2 Å². The average Bonchev–Trinajstić information content (AvgIpc) is 3.19. The number of nitrogens with zero attached hydrogens (tertiary/aromatic N) is 1. The molecule has 6 nitrogen and oxygen atoms in total. The van der Waals surface area contributed by atoms with Gasteiger partial charge in [0.1, 0.15) is 5.82 Å². The standard InChI is InChI=1S/C24H21BrN4O2/c25-18-8-3-6-16(14-18)24(31)27-19-9-4-7-17(15-19)23(30)26-13-5-12-22-28-20-10-1-2-11-21(20)29-22/h1-4,6-11,14-15H,5,12-13H2,(H,26,30)(H,27,31)(H,28,29). The van der Waals surface area contributed by atoms with Gasteiger partial charge in [-0.3, -0.25) is 9.59 Å². The molecule has 0 saturated heterocycles. The molecule has 4 aromatic rings. The van der Waals surface area contributed by atoms with E-state index in [1.807, 2.05) is 30.3 Å². The fraction of sp³-hybridized carbons (Fsp3) is 0.125. The van der Waals surface area contributed by atoms with Crippen molar-refractivity contribution in [3.8, 4) is 0 Å². The Morgan fingerprint density at radius 3 is 2.48 bits per heavy atom. The molecule has 1 aromatic heterocycles. The number of carbonyl (C=O) groups is 2. The summed E-state index contributed by atoms with van der Waals surface area (Å²) in [7, 11) is 0. The van der Waals surface area contributed by atoms with Gasteiger partial charge in [-0.25, -0.2) is 4.98 Å². The largest absolute Gasteiger partial charge is 0.352 e. The summed E-state index contributed by atoms with van der Waals surface area (Å²) in [4.78, 5) is 32.7. The van der Waals surface area contributed by atoms with Crippen LogP contribution < -0.4 is 10.6 Å². The first-order valence-corrected chi connectivity index (χ1v) is 10.8. The third-order valence-electron chi connectivity index (χ3n) is 4.78. The topological polar surface area (TPSA) is 86.9 Å². The molecule has 0 bridgehead atoms. The van der Waals surface area contributed by atoms with Gasteiger partial charge in [0.15, 0.2) is 0 Å². The monoisotopic (exact) mass is 476 g/mol. The number of fused-ring (bicyclic) bond motifs is 1. The van der Waals surface area contributed by atoms with Crippen LogP contribution >= 0.6 is 15.9 Å². The maximum atomic E-state index is 12.5. The maximum Gasteiger partial charge on any atom is 0.255 e. The van der Waals surface area contributed by atoms with Crippen LogP contribution in [0.4, 0.5) is 5.69 Å². The first-order chi connectivity index (χ1) is 15.1. The van der Waals surface area contributed by atoms with E-state index in [2.05, 4.69) is 36.5 Å². The molecule has 0 radical (unpaired) electrons. The molecule has 0 saturated carbocycles. The van der Waals surface area contributed by atoms with Gasteiger partial charge in [-0.15, -0.1) is 0 Å². The van der Waals surface area contributed by atoms with Gasteiger partial charge in [0.25, 0.3) is 11.8 Å². The minimum absolute atomic E-state index is 0.178. The summed E-state index contributed by atoms with van der Waals surface area (Å²) in [5, 5.41) is 5.75. The van der Waals surface area contributed by atoms with Gasteiger partial charge in [0, 0.05) is 34.3 Å². The number of aromatic nitrogens is 2. The van der Waals surface area contributed by atoms with Crippen LogP contribution in [0.3, 0.4) is 0 Å².